The van der Waals surface area contributed by atoms with Gasteiger partial charge in [-0.05, 0) is 55.7 Å². The van der Waals surface area contributed by atoms with Gasteiger partial charge in [0.15, 0.2) is 0 Å². The van der Waals surface area contributed by atoms with Crippen LogP contribution in [0.15, 0.2) is 18.2 Å². The first kappa shape index (κ1) is 11.7. The van der Waals surface area contributed by atoms with Gasteiger partial charge in [-0.25, -0.2) is 0 Å². The van der Waals surface area contributed by atoms with Crippen molar-refractivity contribution in [2.24, 2.45) is 0 Å². The van der Waals surface area contributed by atoms with Gasteiger partial charge in [-0.2, -0.15) is 0 Å². The van der Waals surface area contributed by atoms with Crippen molar-refractivity contribution in [3.05, 3.63) is 34.9 Å². The summed E-state index contributed by atoms with van der Waals surface area (Å²) in [6.07, 6.45) is 3.61. The third kappa shape index (κ3) is 2.68. The monoisotopic (exact) mass is 227 g/mol. The van der Waals surface area contributed by atoms with E-state index in [0.29, 0.717) is 0 Å². The van der Waals surface area contributed by atoms with Crippen LogP contribution in [0.3, 0.4) is 0 Å². The molecule has 88 valence electrons. The number of aryl methyl sites for hydroxylation is 2. The van der Waals surface area contributed by atoms with Gasteiger partial charge in [0.25, 0.3) is 5.91 Å². The summed E-state index contributed by atoms with van der Waals surface area (Å²) in [7, 11) is 0. The fourth-order valence-electron chi connectivity index (χ4n) is 2.29. The van der Waals surface area contributed by atoms with Crippen molar-refractivity contribution >= 4 is 5.91 Å². The number of rotatable bonds is 2. The Morgan fingerprint density at radius 3 is 2.88 bits per heavy atom. The van der Waals surface area contributed by atoms with Crippen molar-refractivity contribution in [2.75, 3.05) is 0 Å². The Morgan fingerprint density at radius 1 is 1.35 bits per heavy atom. The second-order valence-corrected chi connectivity index (χ2v) is 4.45. The van der Waals surface area contributed by atoms with E-state index in [9.17, 15) is 4.79 Å². The van der Waals surface area contributed by atoms with Gasteiger partial charge in [-0.15, -0.1) is 0 Å². The summed E-state index contributed by atoms with van der Waals surface area (Å²) < 4.78 is 0. The Morgan fingerprint density at radius 2 is 2.12 bits per heavy atom. The van der Waals surface area contributed by atoms with E-state index in [2.05, 4.69) is 35.4 Å². The van der Waals surface area contributed by atoms with E-state index < -0.39 is 0 Å². The fourth-order valence-corrected chi connectivity index (χ4v) is 2.29. The highest BCUT2D eigenvalue weighted by Gasteiger charge is 2.14. The van der Waals surface area contributed by atoms with Crippen molar-refractivity contribution in [1.82, 2.24) is 5.32 Å². The molecule has 0 fully saturated rings. The minimum atomic E-state index is -0.208. The number of fused-ring (bicyclic) bond motifs is 1. The molecule has 1 N–H and O–H groups in total. The summed E-state index contributed by atoms with van der Waals surface area (Å²) >= 11 is 0. The van der Waals surface area contributed by atoms with Crippen LogP contribution >= 0.6 is 0 Å². The molecule has 0 radical (unpaired) electrons. The van der Waals surface area contributed by atoms with Gasteiger partial charge in [0.05, 0.1) is 6.04 Å². The van der Waals surface area contributed by atoms with Crippen LogP contribution in [0.1, 0.15) is 43.0 Å². The molecule has 1 aromatic rings. The fraction of sp³-hybridized carbons (Fsp3) is 0.400. The summed E-state index contributed by atoms with van der Waals surface area (Å²) in [5.41, 5.74) is 4.06. The van der Waals surface area contributed by atoms with Gasteiger partial charge in [-0.3, -0.25) is 4.79 Å². The van der Waals surface area contributed by atoms with Crippen molar-refractivity contribution < 1.29 is 4.79 Å². The molecule has 0 spiro atoms. The Kier molecular flexibility index (Phi) is 3.49. The second-order valence-electron chi connectivity index (χ2n) is 4.45. The van der Waals surface area contributed by atoms with Gasteiger partial charge >= 0.3 is 0 Å². The molecule has 2 rings (SSSR count). The van der Waals surface area contributed by atoms with Crippen LogP contribution in [0.5, 0.6) is 0 Å². The average molecular weight is 227 g/mol. The zero-order valence-electron chi connectivity index (χ0n) is 10.3. The highest BCUT2D eigenvalue weighted by atomic mass is 16.1. The summed E-state index contributed by atoms with van der Waals surface area (Å²) in [4.78, 5) is 11.4. The molecule has 2 heteroatoms. The van der Waals surface area contributed by atoms with Crippen LogP contribution in [0.2, 0.25) is 0 Å². The van der Waals surface area contributed by atoms with Crippen LogP contribution < -0.4 is 5.32 Å². The molecule has 1 aliphatic carbocycles. The van der Waals surface area contributed by atoms with Crippen molar-refractivity contribution in [2.45, 2.75) is 39.2 Å². The molecule has 0 aromatic heterocycles. The third-order valence-corrected chi connectivity index (χ3v) is 3.21. The van der Waals surface area contributed by atoms with Gasteiger partial charge in [0, 0.05) is 0 Å². The van der Waals surface area contributed by atoms with Crippen molar-refractivity contribution in [3.8, 4) is 11.8 Å². The molecule has 0 bridgehead atoms. The second kappa shape index (κ2) is 5.05. The number of carbonyl (C=O) groups is 1. The third-order valence-electron chi connectivity index (χ3n) is 3.21. The summed E-state index contributed by atoms with van der Waals surface area (Å²) in [6.45, 7) is 3.66. The summed E-state index contributed by atoms with van der Waals surface area (Å²) in [5.74, 6) is 4.89. The number of benzene rings is 1. The van der Waals surface area contributed by atoms with Crippen LogP contribution in [-0.2, 0) is 17.6 Å². The van der Waals surface area contributed by atoms with Gasteiger partial charge < -0.3 is 5.32 Å². The molecule has 1 amide bonds. The van der Waals surface area contributed by atoms with Crippen molar-refractivity contribution in [3.63, 3.8) is 0 Å². The zero-order chi connectivity index (χ0) is 12.3. The molecule has 1 aromatic carbocycles. The lowest BCUT2D eigenvalue weighted by Crippen LogP contribution is -2.25. The van der Waals surface area contributed by atoms with Gasteiger partial charge in [0.1, 0.15) is 0 Å². The Balaban J connectivity index is 2.11. The molecule has 17 heavy (non-hydrogen) atoms. The molecule has 0 saturated carbocycles. The van der Waals surface area contributed by atoms with Gasteiger partial charge in [-0.1, -0.05) is 24.1 Å². The van der Waals surface area contributed by atoms with E-state index in [1.165, 1.54) is 30.4 Å². The number of hydrogen-bond acceptors (Lipinski definition) is 1. The first-order valence-electron chi connectivity index (χ1n) is 6.05. The molecule has 0 saturated heterocycles. The highest BCUT2D eigenvalue weighted by molar-refractivity contribution is 5.93. The first-order valence-corrected chi connectivity index (χ1v) is 6.05. The summed E-state index contributed by atoms with van der Waals surface area (Å²) in [5, 5.41) is 2.88. The number of amides is 1. The van der Waals surface area contributed by atoms with Gasteiger partial charge in [0.2, 0.25) is 0 Å². The number of nitrogens with one attached hydrogen (secondary N) is 1. The van der Waals surface area contributed by atoms with Crippen LogP contribution in [0.4, 0.5) is 0 Å². The Hall–Kier alpha value is -1.75. The lowest BCUT2D eigenvalue weighted by Gasteiger charge is -2.13. The SMILES string of the molecule is CC#CC(=O)NC(C)c1ccc2c(c1)CCC2. The largest absolute Gasteiger partial charge is 0.339 e. The van der Waals surface area contributed by atoms with E-state index in [-0.39, 0.29) is 11.9 Å². The maximum atomic E-state index is 11.4. The zero-order valence-corrected chi connectivity index (χ0v) is 10.3. The van der Waals surface area contributed by atoms with E-state index in [1.54, 1.807) is 6.92 Å². The lowest BCUT2D eigenvalue weighted by atomic mass is 10.0. The maximum Gasteiger partial charge on any atom is 0.296 e. The van der Waals surface area contributed by atoms with Crippen molar-refractivity contribution in [1.29, 1.82) is 0 Å². The molecule has 1 unspecified atom stereocenters. The molecule has 0 heterocycles. The number of carbonyl (C=O) groups excluding carboxylic acids is 1. The van der Waals surface area contributed by atoms with E-state index >= 15 is 0 Å². The topological polar surface area (TPSA) is 29.1 Å². The summed E-state index contributed by atoms with van der Waals surface area (Å²) in [6, 6.07) is 6.53. The highest BCUT2D eigenvalue weighted by Crippen LogP contribution is 2.25. The van der Waals surface area contributed by atoms with E-state index in [0.717, 1.165) is 5.56 Å². The minimum Gasteiger partial charge on any atom is -0.339 e. The average Bonchev–Trinajstić information content (AvgIpc) is 2.75. The first-order chi connectivity index (χ1) is 8.20. The molecule has 1 atom stereocenters. The molecular formula is C15H17NO. The predicted molar refractivity (Wildman–Crippen MR) is 68.5 cm³/mol. The minimum absolute atomic E-state index is 0.0225. The molecule has 1 aliphatic rings. The van der Waals surface area contributed by atoms with Crippen LogP contribution in [-0.4, -0.2) is 5.91 Å². The van der Waals surface area contributed by atoms with E-state index in [1.807, 2.05) is 6.92 Å². The molecular weight excluding hydrogens is 210 g/mol. The Labute approximate surface area is 102 Å². The number of hydrogen-bond donors (Lipinski definition) is 1. The smallest absolute Gasteiger partial charge is 0.296 e. The lowest BCUT2D eigenvalue weighted by molar-refractivity contribution is -0.116. The van der Waals surface area contributed by atoms with E-state index in [4.69, 9.17) is 0 Å². The quantitative estimate of drug-likeness (QED) is 0.772. The maximum absolute atomic E-state index is 11.4. The standard InChI is InChI=1S/C15H17NO/c1-3-5-15(17)16-11(2)13-9-8-12-6-4-7-14(12)10-13/h8-11H,4,6-7H2,1-2H3,(H,16,17). The van der Waals surface area contributed by atoms with Crippen LogP contribution in [0, 0.1) is 11.8 Å². The molecule has 2 nitrogen and oxygen atoms in total. The predicted octanol–water partition coefficient (Wildman–Crippen LogP) is 2.38. The molecule has 0 aliphatic heterocycles. The normalized spacial score (nSPS) is 14.5. The Bertz CT molecular complexity index is 493. The van der Waals surface area contributed by atoms with Crippen LogP contribution in [0.25, 0.3) is 0 Å².